The quantitative estimate of drug-likeness (QED) is 0.125. The molecule has 38 heavy (non-hydrogen) atoms. The zero-order valence-electron chi connectivity index (χ0n) is 19.1. The Morgan fingerprint density at radius 3 is 2.66 bits per heavy atom. The second-order valence-corrected chi connectivity index (χ2v) is 13.4. The van der Waals surface area contributed by atoms with Crippen LogP contribution in [0.5, 0.6) is 0 Å². The van der Waals surface area contributed by atoms with Gasteiger partial charge >= 0.3 is 5.97 Å². The molecule has 0 aliphatic carbocycles. The topological polar surface area (TPSA) is 205 Å². The monoisotopic (exact) mass is 594 g/mol. The fourth-order valence-corrected chi connectivity index (χ4v) is 8.97. The van der Waals surface area contributed by atoms with Gasteiger partial charge in [0.25, 0.3) is 11.8 Å². The van der Waals surface area contributed by atoms with Gasteiger partial charge in [-0.3, -0.25) is 14.5 Å². The molecule has 0 bridgehead atoms. The van der Waals surface area contributed by atoms with Gasteiger partial charge in [0.2, 0.25) is 0 Å². The summed E-state index contributed by atoms with van der Waals surface area (Å²) in [5.41, 5.74) is 5.44. The van der Waals surface area contributed by atoms with Crippen molar-refractivity contribution in [3.8, 4) is 0 Å². The molecule has 2 aliphatic rings. The number of carboxylic acids is 1. The summed E-state index contributed by atoms with van der Waals surface area (Å²) in [6, 6.07) is 6.11. The van der Waals surface area contributed by atoms with Crippen LogP contribution in [0.2, 0.25) is 0 Å². The lowest BCUT2D eigenvalue weighted by Crippen LogP contribution is -2.71. The molecule has 198 valence electrons. The van der Waals surface area contributed by atoms with E-state index in [9.17, 15) is 33.1 Å². The number of nitrogens with two attached hydrogens (primary N) is 1. The number of nitrogens with zero attached hydrogens (tertiary/aromatic N) is 4. The van der Waals surface area contributed by atoms with Crippen molar-refractivity contribution in [2.45, 2.75) is 17.2 Å². The minimum absolute atomic E-state index is 0.0131. The van der Waals surface area contributed by atoms with E-state index in [1.54, 1.807) is 12.1 Å². The van der Waals surface area contributed by atoms with Gasteiger partial charge in [-0.1, -0.05) is 17.3 Å². The summed E-state index contributed by atoms with van der Waals surface area (Å²) in [5, 5.41) is 25.6. The first-order valence-electron chi connectivity index (χ1n) is 10.8. The molecule has 2 aromatic heterocycles. The number of benzene rings is 1. The van der Waals surface area contributed by atoms with Gasteiger partial charge in [0.05, 0.1) is 16.0 Å². The average molecular weight is 595 g/mol. The Balaban J connectivity index is 1.32. The number of carboxylic acid groups (broad SMARTS) is 1. The molecule has 3 aromatic rings. The van der Waals surface area contributed by atoms with Crippen LogP contribution in [-0.2, 0) is 30.0 Å². The normalized spacial score (nSPS) is 19.8. The number of aliphatic carboxylic acids is 1. The fourth-order valence-electron chi connectivity index (χ4n) is 4.10. The number of hydrogen-bond acceptors (Lipinski definition) is 13. The van der Waals surface area contributed by atoms with Gasteiger partial charge in [0.15, 0.2) is 20.7 Å². The van der Waals surface area contributed by atoms with Gasteiger partial charge in [-0.25, -0.2) is 23.2 Å². The van der Waals surface area contributed by atoms with E-state index in [2.05, 4.69) is 20.4 Å². The SMILES string of the molecule is Nc1nc(/C(=N/O)C(=O)NC2C(=O)N3C(C(=O)O)=C(CS(=O)(=O)Cc4nc5ccccc5s4)CS[C@H]23)cs1. The molecule has 1 saturated heterocycles. The van der Waals surface area contributed by atoms with Crippen LogP contribution in [0.15, 0.2) is 46.1 Å². The lowest BCUT2D eigenvalue weighted by molar-refractivity contribution is -0.150. The first kappa shape index (κ1) is 26.1. The number of carbonyl (C=O) groups excluding carboxylic acids is 2. The molecule has 5 N–H and O–H groups in total. The Morgan fingerprint density at radius 2 is 2.00 bits per heavy atom. The first-order chi connectivity index (χ1) is 18.1. The molecule has 1 fully saturated rings. The Labute approximate surface area is 227 Å². The number of oxime groups is 1. The lowest BCUT2D eigenvalue weighted by atomic mass is 10.0. The zero-order valence-corrected chi connectivity index (χ0v) is 22.4. The number of carbonyl (C=O) groups is 3. The van der Waals surface area contributed by atoms with E-state index in [0.717, 1.165) is 32.7 Å². The number of anilines is 1. The van der Waals surface area contributed by atoms with Gasteiger partial charge in [0.1, 0.15) is 33.6 Å². The van der Waals surface area contributed by atoms with Gasteiger partial charge in [-0.05, 0) is 17.7 Å². The highest BCUT2D eigenvalue weighted by Gasteiger charge is 2.54. The fraction of sp³-hybridized carbons (Fsp3) is 0.238. The molecule has 2 amide bonds. The molecule has 2 aliphatic heterocycles. The van der Waals surface area contributed by atoms with E-state index in [0.29, 0.717) is 10.5 Å². The molecule has 1 aromatic carbocycles. The van der Waals surface area contributed by atoms with Crippen molar-refractivity contribution in [2.24, 2.45) is 5.16 Å². The summed E-state index contributed by atoms with van der Waals surface area (Å²) in [4.78, 5) is 46.8. The number of nitrogens with one attached hydrogen (secondary N) is 1. The summed E-state index contributed by atoms with van der Waals surface area (Å²) in [6.45, 7) is 0. The molecule has 17 heteroatoms. The van der Waals surface area contributed by atoms with Crippen molar-refractivity contribution in [3.63, 3.8) is 0 Å². The number of rotatable bonds is 8. The maximum Gasteiger partial charge on any atom is 0.352 e. The highest BCUT2D eigenvalue weighted by molar-refractivity contribution is 8.00. The summed E-state index contributed by atoms with van der Waals surface area (Å²) < 4.78 is 26.8. The van der Waals surface area contributed by atoms with E-state index < -0.39 is 56.2 Å². The number of nitrogen functional groups attached to an aromatic ring is 1. The summed E-state index contributed by atoms with van der Waals surface area (Å²) in [6.07, 6.45) is 0. The number of amides is 2. The predicted molar refractivity (Wildman–Crippen MR) is 142 cm³/mol. The van der Waals surface area contributed by atoms with Crippen molar-refractivity contribution in [1.29, 1.82) is 0 Å². The Bertz CT molecular complexity index is 1610. The second-order valence-electron chi connectivity index (χ2n) is 8.25. The summed E-state index contributed by atoms with van der Waals surface area (Å²) >= 11 is 3.39. The summed E-state index contributed by atoms with van der Waals surface area (Å²) in [7, 11) is -3.81. The second kappa shape index (κ2) is 9.97. The van der Waals surface area contributed by atoms with Gasteiger partial charge in [-0.2, -0.15) is 0 Å². The smallest absolute Gasteiger partial charge is 0.352 e. The van der Waals surface area contributed by atoms with E-state index in [-0.39, 0.29) is 27.9 Å². The lowest BCUT2D eigenvalue weighted by Gasteiger charge is -2.49. The zero-order chi connectivity index (χ0) is 27.2. The molecule has 0 spiro atoms. The Hall–Kier alpha value is -3.54. The van der Waals surface area contributed by atoms with Gasteiger partial charge in [-0.15, -0.1) is 34.4 Å². The van der Waals surface area contributed by atoms with Crippen LogP contribution in [0.4, 0.5) is 5.13 Å². The first-order valence-corrected chi connectivity index (χ1v) is 15.3. The minimum Gasteiger partial charge on any atom is -0.477 e. The van der Waals surface area contributed by atoms with E-state index in [1.165, 1.54) is 16.7 Å². The minimum atomic E-state index is -3.81. The molecular weight excluding hydrogens is 577 g/mol. The number of fused-ring (bicyclic) bond motifs is 2. The van der Waals surface area contributed by atoms with Crippen LogP contribution >= 0.6 is 34.4 Å². The molecule has 0 saturated carbocycles. The predicted octanol–water partition coefficient (Wildman–Crippen LogP) is 0.867. The molecule has 13 nitrogen and oxygen atoms in total. The van der Waals surface area contributed by atoms with Crippen molar-refractivity contribution in [2.75, 3.05) is 17.2 Å². The van der Waals surface area contributed by atoms with E-state index >= 15 is 0 Å². The van der Waals surface area contributed by atoms with Crippen molar-refractivity contribution < 1.29 is 33.1 Å². The third-order valence-electron chi connectivity index (χ3n) is 5.69. The van der Waals surface area contributed by atoms with Crippen LogP contribution in [0.3, 0.4) is 0 Å². The number of para-hydroxylation sites is 1. The van der Waals surface area contributed by atoms with Crippen molar-refractivity contribution >= 4 is 83.1 Å². The molecule has 4 heterocycles. The summed E-state index contributed by atoms with van der Waals surface area (Å²) in [5.74, 6) is -3.99. The number of β-lactam (4-membered cyclic amide) rings is 1. The van der Waals surface area contributed by atoms with E-state index in [4.69, 9.17) is 5.73 Å². The number of thiazole rings is 2. The third-order valence-corrected chi connectivity index (χ3v) is 10.4. The number of sulfone groups is 1. The highest BCUT2D eigenvalue weighted by Crippen LogP contribution is 2.41. The van der Waals surface area contributed by atoms with Crippen LogP contribution in [0.1, 0.15) is 10.7 Å². The molecule has 2 atom stereocenters. The maximum absolute atomic E-state index is 13.0. The third kappa shape index (κ3) is 4.84. The number of hydrogen-bond donors (Lipinski definition) is 4. The van der Waals surface area contributed by atoms with Crippen LogP contribution in [0, 0.1) is 0 Å². The molecule has 1 unspecified atom stereocenters. The number of aromatic nitrogens is 2. The number of thioether (sulfide) groups is 1. The molecular formula is C21H18N6O7S4. The largest absolute Gasteiger partial charge is 0.477 e. The maximum atomic E-state index is 13.0. The van der Waals surface area contributed by atoms with Gasteiger partial charge < -0.3 is 21.4 Å². The van der Waals surface area contributed by atoms with Gasteiger partial charge in [0, 0.05) is 11.1 Å². The Kier molecular flexibility index (Phi) is 6.84. The van der Waals surface area contributed by atoms with Crippen LogP contribution in [0.25, 0.3) is 10.2 Å². The van der Waals surface area contributed by atoms with Crippen LogP contribution in [-0.4, -0.2) is 80.0 Å². The van der Waals surface area contributed by atoms with Crippen molar-refractivity contribution in [1.82, 2.24) is 20.2 Å². The van der Waals surface area contributed by atoms with E-state index in [1.807, 2.05) is 12.1 Å². The standard InChI is InChI=1S/C21H18N6O7S4/c22-21-24-11(6-36-21)14(26-32)17(28)25-15-18(29)27-16(20(30)31)9(5-35-19(15)27)7-38(33,34)8-13-23-10-3-1-2-4-12(10)37-13/h1-4,6,15,19,32H,5,7-8H2,(H2,22,24)(H,25,28)(H,30,31)/b26-14-/t15?,19-/m1/s1. The van der Waals surface area contributed by atoms with Crippen LogP contribution < -0.4 is 11.1 Å². The molecule has 5 rings (SSSR count). The Morgan fingerprint density at radius 1 is 1.24 bits per heavy atom. The highest BCUT2D eigenvalue weighted by atomic mass is 32.2. The van der Waals surface area contributed by atoms with Crippen molar-refractivity contribution in [3.05, 3.63) is 51.6 Å². The average Bonchev–Trinajstić information content (AvgIpc) is 3.47. The molecule has 0 radical (unpaired) electrons.